The molecule has 0 aliphatic rings. The quantitative estimate of drug-likeness (QED) is 0.801. The molecule has 0 aliphatic carbocycles. The van der Waals surface area contributed by atoms with Crippen LogP contribution in [0.3, 0.4) is 0 Å². The van der Waals surface area contributed by atoms with E-state index in [4.69, 9.17) is 0 Å². The van der Waals surface area contributed by atoms with Crippen LogP contribution in [0.5, 0.6) is 0 Å². The van der Waals surface area contributed by atoms with Gasteiger partial charge in [-0.3, -0.25) is 0 Å². The topological polar surface area (TPSA) is 12.0 Å². The third kappa shape index (κ3) is 4.12. The zero-order chi connectivity index (χ0) is 14.6. The van der Waals surface area contributed by atoms with Crippen LogP contribution < -0.4 is 5.32 Å². The molecule has 1 aromatic rings. The lowest BCUT2D eigenvalue weighted by Gasteiger charge is -2.22. The third-order valence-electron chi connectivity index (χ3n) is 2.52. The summed E-state index contributed by atoms with van der Waals surface area (Å²) < 4.78 is 76.8. The predicted octanol–water partition coefficient (Wildman–Crippen LogP) is 4.15. The number of rotatable bonds is 5. The second-order valence-electron chi connectivity index (χ2n) is 4.00. The zero-order valence-electron chi connectivity index (χ0n) is 10.1. The molecular formula is C12H13F6N. The zero-order valence-corrected chi connectivity index (χ0v) is 10.1. The molecule has 0 amide bonds. The molecule has 0 spiro atoms. The molecule has 1 atom stereocenters. The largest absolute Gasteiger partial charge is 0.416 e. The van der Waals surface area contributed by atoms with Gasteiger partial charge >= 0.3 is 6.18 Å². The molecule has 0 radical (unpaired) electrons. The lowest BCUT2D eigenvalue weighted by Crippen LogP contribution is -2.30. The van der Waals surface area contributed by atoms with E-state index in [0.29, 0.717) is 6.42 Å². The SMILES string of the molecule is CCCNC(c1ccc(F)cc1C(F)(F)F)C(F)F. The highest BCUT2D eigenvalue weighted by molar-refractivity contribution is 5.33. The first-order valence-corrected chi connectivity index (χ1v) is 5.65. The summed E-state index contributed by atoms with van der Waals surface area (Å²) >= 11 is 0. The average Bonchev–Trinajstić information content (AvgIpc) is 2.29. The number of halogens is 6. The number of hydrogen-bond donors (Lipinski definition) is 1. The van der Waals surface area contributed by atoms with Crippen LogP contribution in [-0.2, 0) is 6.18 Å². The first-order chi connectivity index (χ1) is 8.77. The van der Waals surface area contributed by atoms with Gasteiger partial charge < -0.3 is 5.32 Å². The molecule has 0 saturated heterocycles. The summed E-state index contributed by atoms with van der Waals surface area (Å²) in [5.74, 6) is -1.11. The summed E-state index contributed by atoms with van der Waals surface area (Å²) in [6.07, 6.45) is -7.40. The van der Waals surface area contributed by atoms with Gasteiger partial charge in [-0.2, -0.15) is 13.2 Å². The van der Waals surface area contributed by atoms with Crippen molar-refractivity contribution in [3.63, 3.8) is 0 Å². The predicted molar refractivity (Wildman–Crippen MR) is 58.4 cm³/mol. The van der Waals surface area contributed by atoms with Crippen LogP contribution in [0, 0.1) is 5.82 Å². The molecule has 19 heavy (non-hydrogen) atoms. The number of nitrogens with one attached hydrogen (secondary N) is 1. The van der Waals surface area contributed by atoms with Crippen LogP contribution >= 0.6 is 0 Å². The maximum atomic E-state index is 12.9. The van der Waals surface area contributed by atoms with Gasteiger partial charge in [0.05, 0.1) is 11.6 Å². The lowest BCUT2D eigenvalue weighted by molar-refractivity contribution is -0.139. The molecule has 0 heterocycles. The van der Waals surface area contributed by atoms with Gasteiger partial charge in [-0.15, -0.1) is 0 Å². The van der Waals surface area contributed by atoms with Gasteiger partial charge in [0.2, 0.25) is 0 Å². The van der Waals surface area contributed by atoms with E-state index < -0.39 is 35.6 Å². The standard InChI is InChI=1S/C12H13F6N/c1-2-5-19-10(11(14)15)8-4-3-7(13)6-9(8)12(16,17)18/h3-4,6,10-11,19H,2,5H2,1H3. The highest BCUT2D eigenvalue weighted by Crippen LogP contribution is 2.36. The van der Waals surface area contributed by atoms with E-state index >= 15 is 0 Å². The number of benzene rings is 1. The van der Waals surface area contributed by atoms with Crippen LogP contribution in [0.4, 0.5) is 26.3 Å². The first kappa shape index (κ1) is 15.8. The minimum absolute atomic E-state index is 0.143. The second-order valence-corrected chi connectivity index (χ2v) is 4.00. The van der Waals surface area contributed by atoms with Gasteiger partial charge in [-0.1, -0.05) is 13.0 Å². The summed E-state index contributed by atoms with van der Waals surface area (Å²) in [6.45, 7) is 1.84. The van der Waals surface area contributed by atoms with Crippen LogP contribution in [0.2, 0.25) is 0 Å². The molecule has 1 aromatic carbocycles. The Labute approximate surface area is 106 Å². The van der Waals surface area contributed by atoms with Crippen molar-refractivity contribution in [3.8, 4) is 0 Å². The molecule has 1 rings (SSSR count). The van der Waals surface area contributed by atoms with E-state index in [1.165, 1.54) is 0 Å². The van der Waals surface area contributed by atoms with Gasteiger partial charge in [0.1, 0.15) is 5.82 Å². The second kappa shape index (κ2) is 6.27. The minimum Gasteiger partial charge on any atom is -0.305 e. The van der Waals surface area contributed by atoms with Gasteiger partial charge in [0, 0.05) is 0 Å². The molecule has 1 N–H and O–H groups in total. The molecule has 0 bridgehead atoms. The Balaban J connectivity index is 3.22. The number of hydrogen-bond acceptors (Lipinski definition) is 1. The van der Waals surface area contributed by atoms with Crippen LogP contribution in [0.1, 0.15) is 30.5 Å². The average molecular weight is 285 g/mol. The maximum Gasteiger partial charge on any atom is 0.416 e. The van der Waals surface area contributed by atoms with Crippen molar-refractivity contribution < 1.29 is 26.3 Å². The molecule has 0 fully saturated rings. The summed E-state index contributed by atoms with van der Waals surface area (Å²) in [5, 5.41) is 2.34. The Morgan fingerprint density at radius 2 is 1.84 bits per heavy atom. The highest BCUT2D eigenvalue weighted by atomic mass is 19.4. The molecule has 0 aromatic heterocycles. The van der Waals surface area contributed by atoms with Crippen LogP contribution in [0.15, 0.2) is 18.2 Å². The molecule has 0 saturated carbocycles. The molecule has 0 aliphatic heterocycles. The molecule has 7 heteroatoms. The molecule has 108 valence electrons. The van der Waals surface area contributed by atoms with Crippen molar-refractivity contribution in [2.24, 2.45) is 0 Å². The van der Waals surface area contributed by atoms with Crippen molar-refractivity contribution in [1.82, 2.24) is 5.32 Å². The van der Waals surface area contributed by atoms with Crippen molar-refractivity contribution in [3.05, 3.63) is 35.1 Å². The Morgan fingerprint density at radius 1 is 1.21 bits per heavy atom. The lowest BCUT2D eigenvalue weighted by atomic mass is 9.99. The van der Waals surface area contributed by atoms with E-state index in [1.54, 1.807) is 6.92 Å². The smallest absolute Gasteiger partial charge is 0.305 e. The summed E-state index contributed by atoms with van der Waals surface area (Å²) in [4.78, 5) is 0. The maximum absolute atomic E-state index is 12.9. The fraction of sp³-hybridized carbons (Fsp3) is 0.500. The molecule has 1 nitrogen and oxygen atoms in total. The van der Waals surface area contributed by atoms with E-state index in [0.717, 1.165) is 12.1 Å². The van der Waals surface area contributed by atoms with Crippen molar-refractivity contribution in [2.45, 2.75) is 32.0 Å². The van der Waals surface area contributed by atoms with Crippen molar-refractivity contribution in [2.75, 3.05) is 6.54 Å². The Morgan fingerprint density at radius 3 is 2.32 bits per heavy atom. The van der Waals surface area contributed by atoms with Gasteiger partial charge in [-0.25, -0.2) is 13.2 Å². The van der Waals surface area contributed by atoms with E-state index in [9.17, 15) is 26.3 Å². The van der Waals surface area contributed by atoms with Gasteiger partial charge in [0.25, 0.3) is 6.43 Å². The summed E-state index contributed by atoms with van der Waals surface area (Å²) in [6, 6.07) is -0.0407. The molecule has 1 unspecified atom stereocenters. The highest BCUT2D eigenvalue weighted by Gasteiger charge is 2.37. The third-order valence-corrected chi connectivity index (χ3v) is 2.52. The van der Waals surface area contributed by atoms with Crippen molar-refractivity contribution >= 4 is 0 Å². The first-order valence-electron chi connectivity index (χ1n) is 5.65. The Bertz CT molecular complexity index is 415. The summed E-state index contributed by atoms with van der Waals surface area (Å²) in [5.41, 5.74) is -2.02. The number of alkyl halides is 5. The fourth-order valence-electron chi connectivity index (χ4n) is 1.68. The normalized spacial score (nSPS) is 13.9. The van der Waals surface area contributed by atoms with E-state index in [2.05, 4.69) is 5.32 Å². The van der Waals surface area contributed by atoms with E-state index in [-0.39, 0.29) is 12.6 Å². The van der Waals surface area contributed by atoms with Gasteiger partial charge in [-0.05, 0) is 30.7 Å². The van der Waals surface area contributed by atoms with Crippen LogP contribution in [-0.4, -0.2) is 13.0 Å². The van der Waals surface area contributed by atoms with Crippen molar-refractivity contribution in [1.29, 1.82) is 0 Å². The van der Waals surface area contributed by atoms with Crippen LogP contribution in [0.25, 0.3) is 0 Å². The molecular weight excluding hydrogens is 272 g/mol. The minimum atomic E-state index is -4.88. The van der Waals surface area contributed by atoms with Gasteiger partial charge in [0.15, 0.2) is 0 Å². The monoisotopic (exact) mass is 285 g/mol. The Kier molecular flexibility index (Phi) is 5.22. The Hall–Kier alpha value is -1.24. The van der Waals surface area contributed by atoms with E-state index in [1.807, 2.05) is 0 Å². The fourth-order valence-corrected chi connectivity index (χ4v) is 1.68. The summed E-state index contributed by atoms with van der Waals surface area (Å²) in [7, 11) is 0.